The zero-order valence-electron chi connectivity index (χ0n) is 16.4. The highest BCUT2D eigenvalue weighted by Crippen LogP contribution is 2.35. The van der Waals surface area contributed by atoms with E-state index < -0.39 is 11.6 Å². The molecule has 2 aromatic rings. The van der Waals surface area contributed by atoms with Crippen molar-refractivity contribution in [3.63, 3.8) is 0 Å². The second-order valence-corrected chi connectivity index (χ2v) is 8.29. The van der Waals surface area contributed by atoms with Gasteiger partial charge in [0.05, 0.1) is 0 Å². The number of urea groups is 1. The molecule has 0 aromatic heterocycles. The number of aryl methyl sites for hydroxylation is 1. The summed E-state index contributed by atoms with van der Waals surface area (Å²) < 4.78 is 0. The maximum Gasteiger partial charge on any atom is 0.325 e. The fraction of sp³-hybridized carbons (Fsp3) is 0.348. The van der Waals surface area contributed by atoms with Gasteiger partial charge in [-0.15, -0.1) is 0 Å². The fourth-order valence-electron chi connectivity index (χ4n) is 5.00. The molecule has 6 nitrogen and oxygen atoms in total. The molecule has 5 rings (SSSR count). The van der Waals surface area contributed by atoms with Crippen LogP contribution < -0.4 is 10.2 Å². The zero-order valence-corrected chi connectivity index (χ0v) is 16.4. The Morgan fingerprint density at radius 1 is 1.07 bits per heavy atom. The molecule has 29 heavy (non-hydrogen) atoms. The first-order chi connectivity index (χ1) is 14.0. The maximum atomic E-state index is 13.3. The number of imide groups is 1. The second kappa shape index (κ2) is 6.44. The van der Waals surface area contributed by atoms with Crippen molar-refractivity contribution >= 4 is 23.5 Å². The van der Waals surface area contributed by atoms with E-state index in [1.54, 1.807) is 4.90 Å². The minimum absolute atomic E-state index is 0.0104. The smallest absolute Gasteiger partial charge is 0.323 e. The van der Waals surface area contributed by atoms with Crippen molar-refractivity contribution in [1.29, 1.82) is 0 Å². The molecule has 0 bridgehead atoms. The number of fused-ring (bicyclic) bond motifs is 2. The van der Waals surface area contributed by atoms with E-state index in [1.165, 1.54) is 5.56 Å². The van der Waals surface area contributed by atoms with Gasteiger partial charge in [0.2, 0.25) is 5.91 Å². The third-order valence-corrected chi connectivity index (χ3v) is 6.45. The summed E-state index contributed by atoms with van der Waals surface area (Å²) in [5.41, 5.74) is 3.37. The number of nitrogens with one attached hydrogen (secondary N) is 1. The van der Waals surface area contributed by atoms with Crippen LogP contribution in [0.3, 0.4) is 0 Å². The third kappa shape index (κ3) is 2.74. The predicted octanol–water partition coefficient (Wildman–Crippen LogP) is 2.44. The Morgan fingerprint density at radius 3 is 2.55 bits per heavy atom. The summed E-state index contributed by atoms with van der Waals surface area (Å²) in [7, 11) is 0. The first-order valence-corrected chi connectivity index (χ1v) is 10.1. The molecule has 0 saturated carbocycles. The second-order valence-electron chi connectivity index (χ2n) is 8.29. The summed E-state index contributed by atoms with van der Waals surface area (Å²) in [6, 6.07) is 15.4. The Morgan fingerprint density at radius 2 is 1.76 bits per heavy atom. The molecule has 6 heteroatoms. The van der Waals surface area contributed by atoms with Crippen molar-refractivity contribution in [3.05, 3.63) is 65.2 Å². The van der Waals surface area contributed by atoms with E-state index in [-0.39, 0.29) is 24.4 Å². The first-order valence-electron chi connectivity index (χ1n) is 10.1. The van der Waals surface area contributed by atoms with Crippen molar-refractivity contribution in [2.75, 3.05) is 11.4 Å². The van der Waals surface area contributed by atoms with Crippen molar-refractivity contribution in [2.24, 2.45) is 0 Å². The highest BCUT2D eigenvalue weighted by molar-refractivity contribution is 6.11. The standard InChI is InChI=1S/C23H23N3O3/c1-15-12-17-7-4-5-9-19(17)26(15)20(27)14-25-21(28)23(24-22(25)29)11-10-16-6-2-3-8-18(16)13-23/h2-9,15H,10-14H2,1H3,(H,24,29)/t15-,23+/m0/s1. The molecule has 1 saturated heterocycles. The molecule has 0 unspecified atom stereocenters. The van der Waals surface area contributed by atoms with Gasteiger partial charge in [-0.2, -0.15) is 0 Å². The summed E-state index contributed by atoms with van der Waals surface area (Å²) in [4.78, 5) is 41.8. The Hall–Kier alpha value is -3.15. The van der Waals surface area contributed by atoms with Gasteiger partial charge in [-0.05, 0) is 48.9 Å². The summed E-state index contributed by atoms with van der Waals surface area (Å²) >= 11 is 0. The van der Waals surface area contributed by atoms with Crippen LogP contribution in [0.25, 0.3) is 0 Å². The van der Waals surface area contributed by atoms with Gasteiger partial charge in [-0.25, -0.2) is 4.79 Å². The number of hydrogen-bond donors (Lipinski definition) is 1. The molecule has 148 valence electrons. The van der Waals surface area contributed by atoms with Gasteiger partial charge >= 0.3 is 6.03 Å². The van der Waals surface area contributed by atoms with E-state index in [4.69, 9.17) is 0 Å². The molecule has 1 fully saturated rings. The van der Waals surface area contributed by atoms with E-state index in [1.807, 2.05) is 49.4 Å². The molecular formula is C23H23N3O3. The van der Waals surface area contributed by atoms with Gasteiger partial charge in [-0.1, -0.05) is 42.5 Å². The monoisotopic (exact) mass is 389 g/mol. The first kappa shape index (κ1) is 17.9. The van der Waals surface area contributed by atoms with Crippen molar-refractivity contribution in [3.8, 4) is 0 Å². The zero-order chi connectivity index (χ0) is 20.2. The lowest BCUT2D eigenvalue weighted by Crippen LogP contribution is -2.52. The summed E-state index contributed by atoms with van der Waals surface area (Å²) in [5.74, 6) is -0.510. The van der Waals surface area contributed by atoms with Gasteiger partial charge in [-0.3, -0.25) is 14.5 Å². The Kier molecular flexibility index (Phi) is 3.98. The lowest BCUT2D eigenvalue weighted by atomic mass is 9.78. The van der Waals surface area contributed by atoms with Crippen LogP contribution in [0.2, 0.25) is 0 Å². The number of para-hydroxylation sites is 1. The van der Waals surface area contributed by atoms with E-state index in [9.17, 15) is 14.4 Å². The number of benzene rings is 2. The number of rotatable bonds is 2. The number of anilines is 1. The number of nitrogens with zero attached hydrogens (tertiary/aromatic N) is 2. The SMILES string of the molecule is C[C@H]1Cc2ccccc2N1C(=O)CN1C(=O)N[C@@]2(CCc3ccccc3C2)C1=O. The summed E-state index contributed by atoms with van der Waals surface area (Å²) in [5, 5.41) is 2.90. The minimum atomic E-state index is -0.930. The van der Waals surface area contributed by atoms with Gasteiger partial charge < -0.3 is 10.2 Å². The maximum absolute atomic E-state index is 13.3. The van der Waals surface area contributed by atoms with Crippen molar-refractivity contribution < 1.29 is 14.4 Å². The molecule has 1 N–H and O–H groups in total. The molecule has 2 aromatic carbocycles. The van der Waals surface area contributed by atoms with E-state index >= 15 is 0 Å². The van der Waals surface area contributed by atoms with E-state index in [0.717, 1.165) is 34.6 Å². The van der Waals surface area contributed by atoms with Gasteiger partial charge in [0.25, 0.3) is 5.91 Å². The van der Waals surface area contributed by atoms with Crippen molar-refractivity contribution in [2.45, 2.75) is 44.2 Å². The molecule has 2 atom stereocenters. The Bertz CT molecular complexity index is 1030. The van der Waals surface area contributed by atoms with Crippen LogP contribution in [0.5, 0.6) is 0 Å². The quantitative estimate of drug-likeness (QED) is 0.802. The molecule has 2 heterocycles. The fourth-order valence-corrected chi connectivity index (χ4v) is 5.00. The van der Waals surface area contributed by atoms with E-state index in [2.05, 4.69) is 11.4 Å². The van der Waals surface area contributed by atoms with Gasteiger partial charge in [0.1, 0.15) is 12.1 Å². The molecule has 1 spiro atoms. The highest BCUT2D eigenvalue weighted by Gasteiger charge is 2.53. The lowest BCUT2D eigenvalue weighted by Gasteiger charge is -2.32. The molecule has 2 aliphatic heterocycles. The number of hydrogen-bond acceptors (Lipinski definition) is 3. The normalized spacial score (nSPS) is 25.2. The van der Waals surface area contributed by atoms with Crippen LogP contribution in [0, 0.1) is 0 Å². The number of carbonyl (C=O) groups is 3. The average Bonchev–Trinajstić information content (AvgIpc) is 3.16. The van der Waals surface area contributed by atoms with Gasteiger partial charge in [0, 0.05) is 18.2 Å². The molecule has 4 amide bonds. The average molecular weight is 389 g/mol. The van der Waals surface area contributed by atoms with Crippen LogP contribution in [0.4, 0.5) is 10.5 Å². The topological polar surface area (TPSA) is 69.7 Å². The molecule has 1 aliphatic carbocycles. The van der Waals surface area contributed by atoms with Crippen molar-refractivity contribution in [1.82, 2.24) is 10.2 Å². The Balaban J connectivity index is 1.37. The molecule has 0 radical (unpaired) electrons. The summed E-state index contributed by atoms with van der Waals surface area (Å²) in [6.07, 6.45) is 2.55. The van der Waals surface area contributed by atoms with Crippen LogP contribution >= 0.6 is 0 Å². The lowest BCUT2D eigenvalue weighted by molar-refractivity contribution is -0.134. The largest absolute Gasteiger partial charge is 0.325 e. The minimum Gasteiger partial charge on any atom is -0.323 e. The van der Waals surface area contributed by atoms with Crippen LogP contribution in [-0.2, 0) is 28.9 Å². The highest BCUT2D eigenvalue weighted by atomic mass is 16.2. The molecule has 3 aliphatic rings. The van der Waals surface area contributed by atoms with Crippen LogP contribution in [-0.4, -0.2) is 40.9 Å². The number of carbonyl (C=O) groups excluding carboxylic acids is 3. The van der Waals surface area contributed by atoms with E-state index in [0.29, 0.717) is 12.8 Å². The van der Waals surface area contributed by atoms with Crippen LogP contribution in [0.15, 0.2) is 48.5 Å². The van der Waals surface area contributed by atoms with Crippen LogP contribution in [0.1, 0.15) is 30.0 Å². The third-order valence-electron chi connectivity index (χ3n) is 6.45. The summed E-state index contributed by atoms with van der Waals surface area (Å²) in [6.45, 7) is 1.76. The van der Waals surface area contributed by atoms with Gasteiger partial charge in [0.15, 0.2) is 0 Å². The molecular weight excluding hydrogens is 366 g/mol. The Labute approximate surface area is 169 Å². The number of amides is 4. The predicted molar refractivity (Wildman–Crippen MR) is 109 cm³/mol.